The van der Waals surface area contributed by atoms with Gasteiger partial charge in [-0.15, -0.1) is 24.0 Å². The zero-order valence-corrected chi connectivity index (χ0v) is 19.8. The smallest absolute Gasteiger partial charge is 0.251 e. The normalized spacial score (nSPS) is 17.5. The van der Waals surface area contributed by atoms with Gasteiger partial charge in [0.05, 0.1) is 0 Å². The van der Waals surface area contributed by atoms with Crippen LogP contribution in [-0.4, -0.2) is 56.0 Å². The lowest BCUT2D eigenvalue weighted by atomic mass is 10.0. The van der Waals surface area contributed by atoms with Gasteiger partial charge in [-0.3, -0.25) is 9.79 Å². The molecule has 3 N–H and O–H groups in total. The van der Waals surface area contributed by atoms with Crippen LogP contribution in [0, 0.1) is 0 Å². The van der Waals surface area contributed by atoms with Crippen LogP contribution in [0.15, 0.2) is 29.3 Å². The van der Waals surface area contributed by atoms with E-state index in [-0.39, 0.29) is 29.9 Å². The summed E-state index contributed by atoms with van der Waals surface area (Å²) in [7, 11) is 1.79. The number of nitrogens with one attached hydrogen (secondary N) is 3. The molecule has 7 heteroatoms. The fraction of sp³-hybridized carbons (Fsp3) is 0.619. The Morgan fingerprint density at radius 3 is 2.57 bits per heavy atom. The van der Waals surface area contributed by atoms with Crippen LogP contribution >= 0.6 is 24.0 Å². The first-order valence-electron chi connectivity index (χ1n) is 10.2. The fourth-order valence-electron chi connectivity index (χ4n) is 3.42. The maximum absolute atomic E-state index is 11.8. The third-order valence-electron chi connectivity index (χ3n) is 5.09. The number of rotatable bonds is 8. The van der Waals surface area contributed by atoms with Crippen LogP contribution in [0.2, 0.25) is 0 Å². The highest BCUT2D eigenvalue weighted by molar-refractivity contribution is 14.0. The topological polar surface area (TPSA) is 68.8 Å². The van der Waals surface area contributed by atoms with E-state index < -0.39 is 0 Å². The summed E-state index contributed by atoms with van der Waals surface area (Å²) < 4.78 is 0. The van der Waals surface area contributed by atoms with Crippen molar-refractivity contribution in [3.63, 3.8) is 0 Å². The fourth-order valence-corrected chi connectivity index (χ4v) is 3.42. The Balaban J connectivity index is 0.00000392. The van der Waals surface area contributed by atoms with Crippen LogP contribution in [0.1, 0.15) is 55.5 Å². The molecule has 1 unspecified atom stereocenters. The molecule has 2 rings (SSSR count). The van der Waals surface area contributed by atoms with Gasteiger partial charge in [0.1, 0.15) is 0 Å². The van der Waals surface area contributed by atoms with Gasteiger partial charge in [-0.2, -0.15) is 0 Å². The van der Waals surface area contributed by atoms with Gasteiger partial charge >= 0.3 is 0 Å². The number of hydrogen-bond acceptors (Lipinski definition) is 3. The first-order valence-corrected chi connectivity index (χ1v) is 10.2. The molecule has 1 heterocycles. The Morgan fingerprint density at radius 2 is 1.93 bits per heavy atom. The molecule has 0 aliphatic carbocycles. The lowest BCUT2D eigenvalue weighted by molar-refractivity contribution is 0.0956. The van der Waals surface area contributed by atoms with Crippen molar-refractivity contribution in [3.8, 4) is 0 Å². The molecule has 28 heavy (non-hydrogen) atoms. The molecule has 6 nitrogen and oxygen atoms in total. The summed E-state index contributed by atoms with van der Waals surface area (Å²) >= 11 is 0. The predicted molar refractivity (Wildman–Crippen MR) is 128 cm³/mol. The van der Waals surface area contributed by atoms with Crippen molar-refractivity contribution < 1.29 is 4.79 Å². The molecule has 1 amide bonds. The number of aliphatic imine (C=N–C) groups is 1. The lowest BCUT2D eigenvalue weighted by Gasteiger charge is -2.33. The predicted octanol–water partition coefficient (Wildman–Crippen LogP) is 2.98. The van der Waals surface area contributed by atoms with Crippen molar-refractivity contribution in [2.45, 2.75) is 52.1 Å². The third-order valence-corrected chi connectivity index (χ3v) is 5.09. The SMILES string of the molecule is CCNC(=O)c1ccc(CNC(=NC)NCCCN2CCCCC2C)cc1.I. The number of likely N-dealkylation sites (tertiary alicyclic amines) is 1. The number of hydrogen-bond donors (Lipinski definition) is 3. The summed E-state index contributed by atoms with van der Waals surface area (Å²) in [6.45, 7) is 8.87. The molecule has 0 spiro atoms. The van der Waals surface area contributed by atoms with Crippen LogP contribution < -0.4 is 16.0 Å². The van der Waals surface area contributed by atoms with Crippen molar-refractivity contribution in [3.05, 3.63) is 35.4 Å². The number of guanidine groups is 1. The van der Waals surface area contributed by atoms with Gasteiger partial charge in [0.15, 0.2) is 5.96 Å². The van der Waals surface area contributed by atoms with E-state index in [1.54, 1.807) is 7.05 Å². The molecule has 0 radical (unpaired) electrons. The Labute approximate surface area is 187 Å². The zero-order valence-electron chi connectivity index (χ0n) is 17.5. The monoisotopic (exact) mass is 501 g/mol. The van der Waals surface area contributed by atoms with Gasteiger partial charge in [-0.05, 0) is 57.4 Å². The second-order valence-electron chi connectivity index (χ2n) is 7.14. The number of halogens is 1. The number of piperidine rings is 1. The Kier molecular flexibility index (Phi) is 12.1. The molecule has 0 aromatic heterocycles. The van der Waals surface area contributed by atoms with Crippen molar-refractivity contribution in [1.29, 1.82) is 0 Å². The molecule has 1 aromatic rings. The van der Waals surface area contributed by atoms with E-state index in [0.29, 0.717) is 18.7 Å². The van der Waals surface area contributed by atoms with Gasteiger partial charge in [0.25, 0.3) is 5.91 Å². The molecule has 0 saturated carbocycles. The van der Waals surface area contributed by atoms with Gasteiger partial charge < -0.3 is 20.9 Å². The second-order valence-corrected chi connectivity index (χ2v) is 7.14. The molecule has 1 fully saturated rings. The van der Waals surface area contributed by atoms with Crippen LogP contribution in [-0.2, 0) is 6.54 Å². The summed E-state index contributed by atoms with van der Waals surface area (Å²) in [5.41, 5.74) is 1.81. The maximum atomic E-state index is 11.8. The van der Waals surface area contributed by atoms with Gasteiger partial charge in [0, 0.05) is 44.8 Å². The number of nitrogens with zero attached hydrogens (tertiary/aromatic N) is 2. The third kappa shape index (κ3) is 8.34. The van der Waals surface area contributed by atoms with Gasteiger partial charge in [0.2, 0.25) is 0 Å². The van der Waals surface area contributed by atoms with E-state index in [4.69, 9.17) is 0 Å². The van der Waals surface area contributed by atoms with Crippen LogP contribution in [0.25, 0.3) is 0 Å². The molecular formula is C21H36IN5O. The van der Waals surface area contributed by atoms with E-state index in [0.717, 1.165) is 37.1 Å². The minimum Gasteiger partial charge on any atom is -0.356 e. The molecular weight excluding hydrogens is 465 g/mol. The van der Waals surface area contributed by atoms with Crippen molar-refractivity contribution in [1.82, 2.24) is 20.9 Å². The number of carbonyl (C=O) groups is 1. The first-order chi connectivity index (χ1) is 13.1. The summed E-state index contributed by atoms with van der Waals surface area (Å²) in [5.74, 6) is 0.784. The highest BCUT2D eigenvalue weighted by Gasteiger charge is 2.17. The van der Waals surface area contributed by atoms with Crippen molar-refractivity contribution in [2.24, 2.45) is 4.99 Å². The van der Waals surface area contributed by atoms with Crippen LogP contribution in [0.5, 0.6) is 0 Å². The summed E-state index contributed by atoms with van der Waals surface area (Å²) in [6, 6.07) is 8.39. The maximum Gasteiger partial charge on any atom is 0.251 e. The average molecular weight is 501 g/mol. The Morgan fingerprint density at radius 1 is 1.18 bits per heavy atom. The van der Waals surface area contributed by atoms with Gasteiger partial charge in [-0.1, -0.05) is 18.6 Å². The van der Waals surface area contributed by atoms with E-state index in [1.807, 2.05) is 31.2 Å². The number of carbonyl (C=O) groups excluding carboxylic acids is 1. The summed E-state index contributed by atoms with van der Waals surface area (Å²) in [6.07, 6.45) is 5.15. The quantitative estimate of drug-likeness (QED) is 0.222. The largest absolute Gasteiger partial charge is 0.356 e. The van der Waals surface area contributed by atoms with E-state index in [9.17, 15) is 4.79 Å². The number of benzene rings is 1. The Hall–Kier alpha value is -1.35. The average Bonchev–Trinajstić information content (AvgIpc) is 2.69. The van der Waals surface area contributed by atoms with Crippen LogP contribution in [0.3, 0.4) is 0 Å². The van der Waals surface area contributed by atoms with Crippen molar-refractivity contribution >= 4 is 35.8 Å². The molecule has 0 bridgehead atoms. The minimum atomic E-state index is -0.0301. The molecule has 1 aliphatic rings. The molecule has 1 aromatic carbocycles. The summed E-state index contributed by atoms with van der Waals surface area (Å²) in [5, 5.41) is 9.53. The van der Waals surface area contributed by atoms with Gasteiger partial charge in [-0.25, -0.2) is 0 Å². The first kappa shape index (κ1) is 24.7. The van der Waals surface area contributed by atoms with E-state index in [2.05, 4.69) is 32.8 Å². The standard InChI is InChI=1S/C21H35N5O.HI/c1-4-23-20(27)19-11-9-18(10-12-19)16-25-21(22-3)24-13-7-15-26-14-6-5-8-17(26)2;/h9-12,17H,4-8,13-16H2,1-3H3,(H,23,27)(H2,22,24,25);1H. The highest BCUT2D eigenvalue weighted by atomic mass is 127. The lowest BCUT2D eigenvalue weighted by Crippen LogP contribution is -2.41. The van der Waals surface area contributed by atoms with E-state index >= 15 is 0 Å². The van der Waals surface area contributed by atoms with Crippen LogP contribution in [0.4, 0.5) is 0 Å². The zero-order chi connectivity index (χ0) is 19.5. The summed E-state index contributed by atoms with van der Waals surface area (Å²) in [4.78, 5) is 18.7. The van der Waals surface area contributed by atoms with E-state index in [1.165, 1.54) is 25.8 Å². The minimum absolute atomic E-state index is 0. The van der Waals surface area contributed by atoms with Crippen molar-refractivity contribution in [2.75, 3.05) is 33.2 Å². The highest BCUT2D eigenvalue weighted by Crippen LogP contribution is 2.16. The molecule has 1 saturated heterocycles. The molecule has 158 valence electrons. The molecule has 1 aliphatic heterocycles. The molecule has 1 atom stereocenters. The Bertz CT molecular complexity index is 605. The second kappa shape index (κ2) is 13.8. The number of amides is 1.